The van der Waals surface area contributed by atoms with Gasteiger partial charge in [0, 0.05) is 44.7 Å². The summed E-state index contributed by atoms with van der Waals surface area (Å²) >= 11 is 0. The van der Waals surface area contributed by atoms with E-state index in [0.29, 0.717) is 32.2 Å². The van der Waals surface area contributed by atoms with Crippen molar-refractivity contribution in [2.45, 2.75) is 44.4 Å². The molecule has 7 nitrogen and oxygen atoms in total. The second-order valence-electron chi connectivity index (χ2n) is 7.98. The first-order valence-electron chi connectivity index (χ1n) is 10.8. The van der Waals surface area contributed by atoms with Gasteiger partial charge in [-0.3, -0.25) is 4.79 Å². The van der Waals surface area contributed by atoms with Crippen molar-refractivity contribution in [3.05, 3.63) is 36.0 Å². The van der Waals surface area contributed by atoms with Gasteiger partial charge < -0.3 is 24.4 Å². The number of nitrogens with zero attached hydrogens (tertiary/aromatic N) is 2. The maximum atomic E-state index is 13.3. The molecule has 0 bridgehead atoms. The molecule has 1 aromatic heterocycles. The maximum Gasteiger partial charge on any atom is 0.253 e. The Morgan fingerprint density at radius 3 is 2.90 bits per heavy atom. The van der Waals surface area contributed by atoms with Gasteiger partial charge in [0.1, 0.15) is 6.10 Å². The molecule has 162 valence electrons. The largest absolute Gasteiger partial charge is 0.477 e. The van der Waals surface area contributed by atoms with Crippen LogP contribution in [0.1, 0.15) is 37.9 Å². The van der Waals surface area contributed by atoms with E-state index in [4.69, 9.17) is 19.2 Å². The van der Waals surface area contributed by atoms with Crippen LogP contribution in [-0.2, 0) is 14.3 Å². The van der Waals surface area contributed by atoms with E-state index in [0.717, 1.165) is 42.3 Å². The van der Waals surface area contributed by atoms with E-state index in [1.807, 2.05) is 23.1 Å². The van der Waals surface area contributed by atoms with Gasteiger partial charge in [-0.15, -0.1) is 0 Å². The highest BCUT2D eigenvalue weighted by Crippen LogP contribution is 2.36. The Labute approximate surface area is 177 Å². The van der Waals surface area contributed by atoms with Crippen molar-refractivity contribution in [2.24, 2.45) is 0 Å². The van der Waals surface area contributed by atoms with Crippen molar-refractivity contribution in [1.29, 1.82) is 0 Å². The summed E-state index contributed by atoms with van der Waals surface area (Å²) in [6, 6.07) is 10.3. The third-order valence-electron chi connectivity index (χ3n) is 5.70. The fraction of sp³-hybridized carbons (Fsp3) is 0.565. The van der Waals surface area contributed by atoms with Gasteiger partial charge in [0.15, 0.2) is 0 Å². The summed E-state index contributed by atoms with van der Waals surface area (Å²) in [5, 5.41) is 5.30. The zero-order valence-electron chi connectivity index (χ0n) is 17.8. The van der Waals surface area contributed by atoms with E-state index in [-0.39, 0.29) is 18.0 Å². The minimum atomic E-state index is -0.424. The molecule has 30 heavy (non-hydrogen) atoms. The molecule has 1 amide bonds. The number of morpholine rings is 1. The van der Waals surface area contributed by atoms with Gasteiger partial charge in [-0.05, 0) is 37.3 Å². The monoisotopic (exact) mass is 413 g/mol. The number of aromatic nitrogens is 1. The summed E-state index contributed by atoms with van der Waals surface area (Å²) in [5.41, 5.74) is 0.847. The van der Waals surface area contributed by atoms with E-state index in [1.165, 1.54) is 0 Å². The predicted molar refractivity (Wildman–Crippen MR) is 115 cm³/mol. The van der Waals surface area contributed by atoms with Crippen molar-refractivity contribution in [2.75, 3.05) is 40.0 Å². The summed E-state index contributed by atoms with van der Waals surface area (Å²) in [6.07, 6.45) is 2.44. The van der Waals surface area contributed by atoms with E-state index < -0.39 is 6.10 Å². The molecular formula is C23H31N3O4. The number of hydrogen-bond donors (Lipinski definition) is 1. The molecule has 1 aliphatic heterocycles. The average molecular weight is 414 g/mol. The van der Waals surface area contributed by atoms with Gasteiger partial charge in [-0.25, -0.2) is 4.98 Å². The lowest BCUT2D eigenvalue weighted by atomic mass is 10.1. The van der Waals surface area contributed by atoms with Crippen LogP contribution in [0.4, 0.5) is 0 Å². The van der Waals surface area contributed by atoms with Crippen LogP contribution in [0.25, 0.3) is 10.8 Å². The molecule has 0 spiro atoms. The Morgan fingerprint density at radius 1 is 1.33 bits per heavy atom. The van der Waals surface area contributed by atoms with Crippen LogP contribution in [-0.4, -0.2) is 68.0 Å². The average Bonchev–Trinajstić information content (AvgIpc) is 3.62. The van der Waals surface area contributed by atoms with Gasteiger partial charge >= 0.3 is 0 Å². The van der Waals surface area contributed by atoms with Crippen LogP contribution < -0.4 is 10.1 Å². The van der Waals surface area contributed by atoms with E-state index >= 15 is 0 Å². The number of carbonyl (C=O) groups excluding carboxylic acids is 1. The second-order valence-corrected chi connectivity index (χ2v) is 7.98. The molecule has 2 fully saturated rings. The first-order chi connectivity index (χ1) is 14.7. The fourth-order valence-electron chi connectivity index (χ4n) is 3.96. The Bertz CT molecular complexity index is 865. The predicted octanol–water partition coefficient (Wildman–Crippen LogP) is 2.69. The van der Waals surface area contributed by atoms with Crippen LogP contribution in [0.5, 0.6) is 5.88 Å². The summed E-state index contributed by atoms with van der Waals surface area (Å²) in [4.78, 5) is 20.1. The lowest BCUT2D eigenvalue weighted by Crippen LogP contribution is -2.50. The van der Waals surface area contributed by atoms with Gasteiger partial charge in [-0.1, -0.05) is 18.2 Å². The van der Waals surface area contributed by atoms with Crippen LogP contribution in [0.3, 0.4) is 0 Å². The molecule has 1 saturated carbocycles. The molecule has 1 N–H and O–H groups in total. The normalized spacial score (nSPS) is 20.1. The maximum absolute atomic E-state index is 13.3. The standard InChI is InChI=1S/C23H31N3O4/c1-16(26(18-8-9-18)23(27)21-15-24-10-13-29-21)20-14-17-6-3-4-7-19(17)22(25-20)30-12-5-11-28-2/h3-4,6-7,14,16,18,21,24H,5,8-13,15H2,1-2H3/t16-,21-/m1/s1. The van der Waals surface area contributed by atoms with E-state index in [2.05, 4.69) is 24.4 Å². The van der Waals surface area contributed by atoms with E-state index in [1.54, 1.807) is 7.11 Å². The Kier molecular flexibility index (Phi) is 6.82. The van der Waals surface area contributed by atoms with Crippen molar-refractivity contribution in [3.8, 4) is 5.88 Å². The van der Waals surface area contributed by atoms with Gasteiger partial charge in [0.25, 0.3) is 5.91 Å². The quantitative estimate of drug-likeness (QED) is 0.638. The molecule has 7 heteroatoms. The van der Waals surface area contributed by atoms with Crippen LogP contribution >= 0.6 is 0 Å². The summed E-state index contributed by atoms with van der Waals surface area (Å²) in [5.74, 6) is 0.666. The highest BCUT2D eigenvalue weighted by atomic mass is 16.5. The Hall–Kier alpha value is -2.22. The number of methoxy groups -OCH3 is 1. The number of ether oxygens (including phenoxy) is 3. The van der Waals surface area contributed by atoms with Gasteiger partial charge in [0.2, 0.25) is 5.88 Å². The highest BCUT2D eigenvalue weighted by Gasteiger charge is 2.40. The number of hydrogen-bond acceptors (Lipinski definition) is 6. The highest BCUT2D eigenvalue weighted by molar-refractivity contribution is 5.87. The minimum absolute atomic E-state index is 0.0507. The lowest BCUT2D eigenvalue weighted by molar-refractivity contribution is -0.148. The molecule has 2 heterocycles. The fourth-order valence-corrected chi connectivity index (χ4v) is 3.96. The number of nitrogens with one attached hydrogen (secondary N) is 1. The molecule has 4 rings (SSSR count). The van der Waals surface area contributed by atoms with Crippen molar-refractivity contribution < 1.29 is 19.0 Å². The second kappa shape index (κ2) is 9.73. The number of amides is 1. The molecule has 2 aromatic rings. The molecule has 1 saturated heterocycles. The minimum Gasteiger partial charge on any atom is -0.477 e. The Balaban J connectivity index is 1.60. The first kappa shape index (κ1) is 21.0. The number of pyridine rings is 1. The number of rotatable bonds is 9. The molecule has 0 unspecified atom stereocenters. The number of benzene rings is 1. The smallest absolute Gasteiger partial charge is 0.253 e. The molecular weight excluding hydrogens is 382 g/mol. The molecule has 2 atom stereocenters. The SMILES string of the molecule is COCCCOc1nc([C@@H](C)N(C(=O)[C@H]2CNCCO2)C2CC2)cc2ccccc12. The molecule has 1 aliphatic carbocycles. The summed E-state index contributed by atoms with van der Waals surface area (Å²) in [7, 11) is 1.69. The zero-order valence-corrected chi connectivity index (χ0v) is 17.8. The molecule has 0 radical (unpaired) electrons. The van der Waals surface area contributed by atoms with E-state index in [9.17, 15) is 4.79 Å². The number of carbonyl (C=O) groups is 1. The Morgan fingerprint density at radius 2 is 2.17 bits per heavy atom. The third kappa shape index (κ3) is 4.74. The van der Waals surface area contributed by atoms with Crippen molar-refractivity contribution >= 4 is 16.7 Å². The number of fused-ring (bicyclic) bond motifs is 1. The molecule has 1 aromatic carbocycles. The van der Waals surface area contributed by atoms with Crippen LogP contribution in [0, 0.1) is 0 Å². The zero-order chi connectivity index (χ0) is 20.9. The molecule has 2 aliphatic rings. The van der Waals surface area contributed by atoms with Gasteiger partial charge in [0.05, 0.1) is 24.9 Å². The van der Waals surface area contributed by atoms with Crippen molar-refractivity contribution in [3.63, 3.8) is 0 Å². The topological polar surface area (TPSA) is 72.9 Å². The summed E-state index contributed by atoms with van der Waals surface area (Å²) in [6.45, 7) is 5.16. The first-order valence-corrected chi connectivity index (χ1v) is 10.8. The van der Waals surface area contributed by atoms with Crippen LogP contribution in [0.2, 0.25) is 0 Å². The third-order valence-corrected chi connectivity index (χ3v) is 5.70. The van der Waals surface area contributed by atoms with Gasteiger partial charge in [-0.2, -0.15) is 0 Å². The summed E-state index contributed by atoms with van der Waals surface area (Å²) < 4.78 is 16.9. The van der Waals surface area contributed by atoms with Crippen LogP contribution in [0.15, 0.2) is 30.3 Å². The lowest BCUT2D eigenvalue weighted by Gasteiger charge is -2.34. The van der Waals surface area contributed by atoms with Crippen molar-refractivity contribution in [1.82, 2.24) is 15.2 Å².